The highest BCUT2D eigenvalue weighted by Crippen LogP contribution is 2.11. The fraction of sp³-hybridized carbons (Fsp3) is 0.750. The standard InChI is InChI=1S/C12H23N5O/c1-5-13-10-15-11(14-8-7-9(3)4)17-12(16-10)18-6-2/h9H,5-8H2,1-4H3,(H2,13,14,15,16,17). The summed E-state index contributed by atoms with van der Waals surface area (Å²) in [6.07, 6.45) is 1.08. The highest BCUT2D eigenvalue weighted by Gasteiger charge is 2.06. The van der Waals surface area contributed by atoms with Crippen LogP contribution in [0, 0.1) is 5.92 Å². The summed E-state index contributed by atoms with van der Waals surface area (Å²) in [6.45, 7) is 10.4. The van der Waals surface area contributed by atoms with Gasteiger partial charge in [0.1, 0.15) is 0 Å². The number of hydrogen-bond donors (Lipinski definition) is 2. The van der Waals surface area contributed by atoms with E-state index in [4.69, 9.17) is 4.74 Å². The molecule has 1 rings (SSSR count). The van der Waals surface area contributed by atoms with Gasteiger partial charge in [0.2, 0.25) is 11.9 Å². The largest absolute Gasteiger partial charge is 0.464 e. The quantitative estimate of drug-likeness (QED) is 0.739. The molecule has 0 spiro atoms. The Morgan fingerprint density at radius 2 is 1.72 bits per heavy atom. The monoisotopic (exact) mass is 253 g/mol. The average Bonchev–Trinajstić information content (AvgIpc) is 2.29. The van der Waals surface area contributed by atoms with Crippen molar-refractivity contribution in [2.45, 2.75) is 34.1 Å². The highest BCUT2D eigenvalue weighted by molar-refractivity contribution is 5.35. The van der Waals surface area contributed by atoms with E-state index < -0.39 is 0 Å². The zero-order valence-electron chi connectivity index (χ0n) is 11.7. The molecule has 0 aliphatic carbocycles. The lowest BCUT2D eigenvalue weighted by Gasteiger charge is -2.10. The summed E-state index contributed by atoms with van der Waals surface area (Å²) in [7, 11) is 0. The fourth-order valence-corrected chi connectivity index (χ4v) is 1.34. The maximum absolute atomic E-state index is 5.32. The predicted octanol–water partition coefficient (Wildman–Crippen LogP) is 2.16. The molecule has 0 aliphatic heterocycles. The van der Waals surface area contributed by atoms with Crippen molar-refractivity contribution >= 4 is 11.9 Å². The third-order valence-electron chi connectivity index (χ3n) is 2.23. The molecule has 0 unspecified atom stereocenters. The first-order valence-electron chi connectivity index (χ1n) is 6.52. The molecule has 0 bridgehead atoms. The molecule has 0 aromatic carbocycles. The van der Waals surface area contributed by atoms with Crippen LogP contribution in [0.1, 0.15) is 34.1 Å². The van der Waals surface area contributed by atoms with E-state index in [0.717, 1.165) is 19.5 Å². The van der Waals surface area contributed by atoms with Crippen LogP contribution in [-0.2, 0) is 0 Å². The van der Waals surface area contributed by atoms with Crippen molar-refractivity contribution in [3.63, 3.8) is 0 Å². The van der Waals surface area contributed by atoms with Crippen LogP contribution < -0.4 is 15.4 Å². The second-order valence-electron chi connectivity index (χ2n) is 4.34. The molecule has 2 N–H and O–H groups in total. The molecule has 0 amide bonds. The van der Waals surface area contributed by atoms with E-state index in [1.165, 1.54) is 0 Å². The SMILES string of the molecule is CCNc1nc(NCCC(C)C)nc(OCC)n1. The van der Waals surface area contributed by atoms with Gasteiger partial charge in [-0.25, -0.2) is 0 Å². The van der Waals surface area contributed by atoms with E-state index >= 15 is 0 Å². The molecule has 0 aliphatic rings. The number of ether oxygens (including phenoxy) is 1. The molecule has 1 aromatic rings. The van der Waals surface area contributed by atoms with Gasteiger partial charge in [-0.1, -0.05) is 13.8 Å². The molecule has 1 aromatic heterocycles. The predicted molar refractivity (Wildman–Crippen MR) is 73.1 cm³/mol. The average molecular weight is 253 g/mol. The van der Waals surface area contributed by atoms with Crippen molar-refractivity contribution in [1.82, 2.24) is 15.0 Å². The van der Waals surface area contributed by atoms with Crippen LogP contribution in [0.3, 0.4) is 0 Å². The van der Waals surface area contributed by atoms with Crippen molar-refractivity contribution in [3.05, 3.63) is 0 Å². The molecule has 6 nitrogen and oxygen atoms in total. The van der Waals surface area contributed by atoms with Gasteiger partial charge in [-0.3, -0.25) is 0 Å². The van der Waals surface area contributed by atoms with Crippen molar-refractivity contribution in [2.75, 3.05) is 30.3 Å². The molecule has 0 atom stereocenters. The van der Waals surface area contributed by atoms with Crippen LogP contribution in [0.15, 0.2) is 0 Å². The highest BCUT2D eigenvalue weighted by atomic mass is 16.5. The van der Waals surface area contributed by atoms with E-state index in [0.29, 0.717) is 30.4 Å². The minimum atomic E-state index is 0.357. The van der Waals surface area contributed by atoms with Crippen LogP contribution >= 0.6 is 0 Å². The molecule has 0 fully saturated rings. The van der Waals surface area contributed by atoms with Crippen molar-refractivity contribution in [3.8, 4) is 6.01 Å². The Bertz CT molecular complexity index is 332. The minimum Gasteiger partial charge on any atom is -0.464 e. The number of anilines is 2. The van der Waals surface area contributed by atoms with Gasteiger partial charge in [0.15, 0.2) is 0 Å². The summed E-state index contributed by atoms with van der Waals surface area (Å²) in [5.74, 6) is 1.76. The van der Waals surface area contributed by atoms with Crippen molar-refractivity contribution < 1.29 is 4.74 Å². The topological polar surface area (TPSA) is 72.0 Å². The summed E-state index contributed by atoms with van der Waals surface area (Å²) < 4.78 is 5.32. The molecule has 102 valence electrons. The molecule has 0 saturated heterocycles. The number of nitrogens with zero attached hydrogens (tertiary/aromatic N) is 3. The van der Waals surface area contributed by atoms with Crippen LogP contribution in [0.2, 0.25) is 0 Å². The Labute approximate surface area is 109 Å². The Balaban J connectivity index is 2.69. The van der Waals surface area contributed by atoms with E-state index in [1.807, 2.05) is 13.8 Å². The van der Waals surface area contributed by atoms with E-state index in [2.05, 4.69) is 39.4 Å². The van der Waals surface area contributed by atoms with Gasteiger partial charge in [-0.15, -0.1) is 0 Å². The first-order valence-corrected chi connectivity index (χ1v) is 6.52. The lowest BCUT2D eigenvalue weighted by atomic mass is 10.1. The summed E-state index contributed by atoms with van der Waals surface area (Å²) in [4.78, 5) is 12.6. The first-order chi connectivity index (χ1) is 8.65. The Morgan fingerprint density at radius 3 is 2.28 bits per heavy atom. The summed E-state index contributed by atoms with van der Waals surface area (Å²) in [6, 6.07) is 0.357. The molecule has 6 heteroatoms. The van der Waals surface area contributed by atoms with Crippen LogP contribution in [0.4, 0.5) is 11.9 Å². The van der Waals surface area contributed by atoms with Crippen LogP contribution in [0.25, 0.3) is 0 Å². The summed E-state index contributed by atoms with van der Waals surface area (Å²) >= 11 is 0. The number of nitrogens with one attached hydrogen (secondary N) is 2. The zero-order chi connectivity index (χ0) is 13.4. The van der Waals surface area contributed by atoms with Crippen LogP contribution in [-0.4, -0.2) is 34.6 Å². The third-order valence-corrected chi connectivity index (χ3v) is 2.23. The Kier molecular flexibility index (Phi) is 6.18. The molecule has 1 heterocycles. The van der Waals surface area contributed by atoms with Gasteiger partial charge in [-0.2, -0.15) is 15.0 Å². The molecule has 0 radical (unpaired) electrons. The second-order valence-corrected chi connectivity index (χ2v) is 4.34. The first kappa shape index (κ1) is 14.5. The fourth-order valence-electron chi connectivity index (χ4n) is 1.34. The Morgan fingerprint density at radius 1 is 1.06 bits per heavy atom. The maximum Gasteiger partial charge on any atom is 0.323 e. The Hall–Kier alpha value is -1.59. The van der Waals surface area contributed by atoms with Gasteiger partial charge >= 0.3 is 6.01 Å². The lowest BCUT2D eigenvalue weighted by molar-refractivity contribution is 0.312. The molecule has 18 heavy (non-hydrogen) atoms. The number of aromatic nitrogens is 3. The van der Waals surface area contributed by atoms with Gasteiger partial charge in [-0.05, 0) is 26.2 Å². The van der Waals surface area contributed by atoms with E-state index in [-0.39, 0.29) is 0 Å². The van der Waals surface area contributed by atoms with E-state index in [1.54, 1.807) is 0 Å². The normalized spacial score (nSPS) is 10.5. The van der Waals surface area contributed by atoms with Gasteiger partial charge in [0, 0.05) is 13.1 Å². The molecular weight excluding hydrogens is 230 g/mol. The zero-order valence-corrected chi connectivity index (χ0v) is 11.7. The van der Waals surface area contributed by atoms with Gasteiger partial charge in [0.05, 0.1) is 6.61 Å². The van der Waals surface area contributed by atoms with E-state index in [9.17, 15) is 0 Å². The maximum atomic E-state index is 5.32. The summed E-state index contributed by atoms with van der Waals surface area (Å²) in [5.41, 5.74) is 0. The number of rotatable bonds is 8. The minimum absolute atomic E-state index is 0.357. The van der Waals surface area contributed by atoms with Gasteiger partial charge < -0.3 is 15.4 Å². The smallest absolute Gasteiger partial charge is 0.323 e. The lowest BCUT2D eigenvalue weighted by Crippen LogP contribution is -2.12. The number of hydrogen-bond acceptors (Lipinski definition) is 6. The third kappa shape index (κ3) is 5.16. The molecular formula is C12H23N5O. The van der Waals surface area contributed by atoms with Crippen LogP contribution in [0.5, 0.6) is 6.01 Å². The van der Waals surface area contributed by atoms with Crippen molar-refractivity contribution in [1.29, 1.82) is 0 Å². The van der Waals surface area contributed by atoms with Gasteiger partial charge in [0.25, 0.3) is 0 Å². The summed E-state index contributed by atoms with van der Waals surface area (Å²) in [5, 5.41) is 6.26. The van der Waals surface area contributed by atoms with Crippen molar-refractivity contribution in [2.24, 2.45) is 5.92 Å². The molecule has 0 saturated carbocycles. The second kappa shape index (κ2) is 7.68.